The summed E-state index contributed by atoms with van der Waals surface area (Å²) < 4.78 is 1.10. The van der Waals surface area contributed by atoms with Gasteiger partial charge in [0, 0.05) is 16.7 Å². The van der Waals surface area contributed by atoms with E-state index >= 15 is 0 Å². The molecule has 0 amide bonds. The molecule has 0 saturated heterocycles. The summed E-state index contributed by atoms with van der Waals surface area (Å²) >= 11 is 3.28. The lowest BCUT2D eigenvalue weighted by molar-refractivity contribution is 1.40. The molecule has 0 fully saturated rings. The van der Waals surface area contributed by atoms with Gasteiger partial charge in [-0.25, -0.2) is 0 Å². The van der Waals surface area contributed by atoms with Gasteiger partial charge in [0.25, 0.3) is 0 Å². The van der Waals surface area contributed by atoms with Crippen LogP contribution in [0.4, 0.5) is 0 Å². The summed E-state index contributed by atoms with van der Waals surface area (Å²) in [6.45, 7) is 0. The second kappa shape index (κ2) is 4.64. The Kier molecular flexibility index (Phi) is 2.99. The quantitative estimate of drug-likeness (QED) is 0.740. The van der Waals surface area contributed by atoms with Crippen molar-refractivity contribution < 1.29 is 0 Å². The van der Waals surface area contributed by atoms with E-state index in [0.29, 0.717) is 0 Å². The second-order valence-electron chi connectivity index (χ2n) is 3.95. The van der Waals surface area contributed by atoms with Crippen molar-refractivity contribution in [3.8, 4) is 6.07 Å². The number of hydrogen-bond acceptors (Lipinski definition) is 3. The third-order valence-electron chi connectivity index (χ3n) is 3.01. The van der Waals surface area contributed by atoms with Gasteiger partial charge in [0.1, 0.15) is 6.07 Å². The van der Waals surface area contributed by atoms with Crippen LogP contribution >= 0.6 is 23.1 Å². The van der Waals surface area contributed by atoms with E-state index in [0.717, 1.165) is 15.2 Å². The highest BCUT2D eigenvalue weighted by molar-refractivity contribution is 7.98. The largest absolute Gasteiger partial charge is 0.192 e. The van der Waals surface area contributed by atoms with Crippen molar-refractivity contribution in [2.45, 2.75) is 4.90 Å². The van der Waals surface area contributed by atoms with Crippen LogP contribution in [-0.2, 0) is 0 Å². The number of benzene rings is 1. The standard InChI is InChI=1S/C15H10NS2/c1-17-14-8-12(10-4-2-3-5-10)11-6-7-18-15(11)13(14)9-16/h2-8H,1H3. The molecule has 1 aromatic heterocycles. The number of nitriles is 1. The molecule has 1 aliphatic carbocycles. The molecule has 0 saturated carbocycles. The molecule has 1 radical (unpaired) electrons. The molecule has 18 heavy (non-hydrogen) atoms. The molecule has 0 unspecified atom stereocenters. The fourth-order valence-corrected chi connectivity index (χ4v) is 3.74. The normalized spacial score (nSPS) is 13.9. The van der Waals surface area contributed by atoms with E-state index in [1.807, 2.05) is 18.4 Å². The number of thiophene rings is 1. The molecular formula is C15H10NS2. The van der Waals surface area contributed by atoms with Crippen molar-refractivity contribution in [3.63, 3.8) is 0 Å². The molecule has 2 aromatic rings. The van der Waals surface area contributed by atoms with Crippen LogP contribution in [-0.4, -0.2) is 6.26 Å². The Balaban J connectivity index is 2.33. The average molecular weight is 268 g/mol. The Morgan fingerprint density at radius 3 is 2.89 bits per heavy atom. The van der Waals surface area contributed by atoms with Gasteiger partial charge < -0.3 is 0 Å². The number of hydrogen-bond donors (Lipinski definition) is 0. The van der Waals surface area contributed by atoms with E-state index in [1.54, 1.807) is 23.1 Å². The van der Waals surface area contributed by atoms with Crippen molar-refractivity contribution in [3.05, 3.63) is 53.3 Å². The third-order valence-corrected chi connectivity index (χ3v) is 4.70. The van der Waals surface area contributed by atoms with Crippen molar-refractivity contribution in [1.82, 2.24) is 0 Å². The van der Waals surface area contributed by atoms with Gasteiger partial charge in [-0.2, -0.15) is 5.26 Å². The maximum Gasteiger partial charge on any atom is 0.102 e. The van der Waals surface area contributed by atoms with Crippen molar-refractivity contribution in [2.24, 2.45) is 0 Å². The Labute approximate surface area is 114 Å². The molecule has 1 aliphatic rings. The average Bonchev–Trinajstić information content (AvgIpc) is 3.07. The van der Waals surface area contributed by atoms with Crippen molar-refractivity contribution >= 4 is 38.8 Å². The number of rotatable bonds is 2. The lowest BCUT2D eigenvalue weighted by atomic mass is 9.99. The molecular weight excluding hydrogens is 258 g/mol. The maximum atomic E-state index is 9.33. The van der Waals surface area contributed by atoms with Gasteiger partial charge in [0.2, 0.25) is 0 Å². The van der Waals surface area contributed by atoms with E-state index in [2.05, 4.69) is 36.1 Å². The first-order chi connectivity index (χ1) is 8.85. The molecule has 1 nitrogen and oxygen atoms in total. The zero-order valence-corrected chi connectivity index (χ0v) is 11.4. The number of allylic oxidation sites excluding steroid dienone is 4. The number of fused-ring (bicyclic) bond motifs is 1. The summed E-state index contributed by atoms with van der Waals surface area (Å²) in [5, 5.41) is 12.6. The lowest BCUT2D eigenvalue weighted by Crippen LogP contribution is -1.89. The minimum Gasteiger partial charge on any atom is -0.192 e. The molecule has 1 aromatic carbocycles. The summed E-state index contributed by atoms with van der Waals surface area (Å²) in [7, 11) is 0. The first-order valence-electron chi connectivity index (χ1n) is 5.55. The van der Waals surface area contributed by atoms with E-state index in [1.165, 1.54) is 16.5 Å². The predicted molar refractivity (Wildman–Crippen MR) is 79.7 cm³/mol. The Morgan fingerprint density at radius 1 is 1.33 bits per heavy atom. The molecule has 0 aliphatic heterocycles. The van der Waals surface area contributed by atoms with E-state index in [4.69, 9.17) is 0 Å². The molecule has 0 bridgehead atoms. The van der Waals surface area contributed by atoms with Gasteiger partial charge in [0.05, 0.1) is 10.3 Å². The zero-order chi connectivity index (χ0) is 12.5. The van der Waals surface area contributed by atoms with Crippen LogP contribution in [0.3, 0.4) is 0 Å². The van der Waals surface area contributed by atoms with Crippen LogP contribution in [0, 0.1) is 17.8 Å². The summed E-state index contributed by atoms with van der Waals surface area (Å²) in [6, 6.07) is 6.57. The van der Waals surface area contributed by atoms with Gasteiger partial charge in [-0.15, -0.1) is 23.1 Å². The predicted octanol–water partition coefficient (Wildman–Crippen LogP) is 4.65. The first kappa shape index (κ1) is 11.6. The molecule has 1 heterocycles. The minimum atomic E-state index is 0.808. The number of nitrogens with zero attached hydrogens (tertiary/aromatic N) is 1. The van der Waals surface area contributed by atoms with Gasteiger partial charge in [-0.1, -0.05) is 18.2 Å². The van der Waals surface area contributed by atoms with Gasteiger partial charge >= 0.3 is 0 Å². The first-order valence-corrected chi connectivity index (χ1v) is 7.66. The third kappa shape index (κ3) is 1.69. The maximum absolute atomic E-state index is 9.33. The lowest BCUT2D eigenvalue weighted by Gasteiger charge is -2.09. The summed E-state index contributed by atoms with van der Waals surface area (Å²) in [5.74, 6) is 0. The number of thioether (sulfide) groups is 1. The van der Waals surface area contributed by atoms with Crippen LogP contribution < -0.4 is 0 Å². The van der Waals surface area contributed by atoms with Crippen LogP contribution in [0.15, 0.2) is 40.6 Å². The second-order valence-corrected chi connectivity index (χ2v) is 5.71. The van der Waals surface area contributed by atoms with Crippen molar-refractivity contribution in [1.29, 1.82) is 5.26 Å². The van der Waals surface area contributed by atoms with Crippen LogP contribution in [0.2, 0.25) is 0 Å². The van der Waals surface area contributed by atoms with Crippen LogP contribution in [0.25, 0.3) is 15.7 Å². The minimum absolute atomic E-state index is 0.808. The monoisotopic (exact) mass is 268 g/mol. The molecule has 87 valence electrons. The Hall–Kier alpha value is -1.50. The van der Waals surface area contributed by atoms with Gasteiger partial charge in [-0.3, -0.25) is 0 Å². The summed E-state index contributed by atoms with van der Waals surface area (Å²) in [4.78, 5) is 1.06. The Morgan fingerprint density at radius 2 is 2.22 bits per heavy atom. The smallest absolute Gasteiger partial charge is 0.102 e. The fraction of sp³-hybridized carbons (Fsp3) is 0.0667. The highest BCUT2D eigenvalue weighted by atomic mass is 32.2. The molecule has 0 spiro atoms. The van der Waals surface area contributed by atoms with Gasteiger partial charge in [-0.05, 0) is 34.9 Å². The zero-order valence-electron chi connectivity index (χ0n) is 9.81. The highest BCUT2D eigenvalue weighted by Crippen LogP contribution is 2.38. The van der Waals surface area contributed by atoms with E-state index in [9.17, 15) is 5.26 Å². The molecule has 0 N–H and O–H groups in total. The van der Waals surface area contributed by atoms with E-state index < -0.39 is 0 Å². The molecule has 3 rings (SSSR count). The van der Waals surface area contributed by atoms with Crippen molar-refractivity contribution in [2.75, 3.05) is 6.26 Å². The summed E-state index contributed by atoms with van der Waals surface area (Å²) in [6.07, 6.45) is 10.3. The fourth-order valence-electron chi connectivity index (χ4n) is 2.17. The van der Waals surface area contributed by atoms with E-state index in [-0.39, 0.29) is 0 Å². The Bertz CT molecular complexity index is 714. The van der Waals surface area contributed by atoms with Crippen LogP contribution in [0.5, 0.6) is 0 Å². The van der Waals surface area contributed by atoms with Crippen LogP contribution in [0.1, 0.15) is 11.1 Å². The molecule has 0 atom stereocenters. The topological polar surface area (TPSA) is 23.8 Å². The highest BCUT2D eigenvalue weighted by Gasteiger charge is 2.15. The SMILES string of the molecule is CSc1cc(C2=CC=C[CH]2)c2ccsc2c1C#N. The van der Waals surface area contributed by atoms with Gasteiger partial charge in [0.15, 0.2) is 0 Å². The molecule has 3 heteroatoms. The summed E-state index contributed by atoms with van der Waals surface area (Å²) in [5.41, 5.74) is 3.25.